The second kappa shape index (κ2) is 7.46. The molecule has 31 heavy (non-hydrogen) atoms. The van der Waals surface area contributed by atoms with Crippen molar-refractivity contribution in [1.82, 2.24) is 9.58 Å². The number of carbonyl (C=O) groups is 2. The summed E-state index contributed by atoms with van der Waals surface area (Å²) in [6, 6.07) is 9.32. The highest BCUT2D eigenvalue weighted by Gasteiger charge is 2.34. The van der Waals surface area contributed by atoms with Crippen molar-refractivity contribution in [2.24, 2.45) is 11.0 Å². The van der Waals surface area contributed by atoms with Crippen LogP contribution in [-0.2, 0) is 6.54 Å². The largest absolute Gasteiger partial charge is 0.348 e. The first-order valence-electron chi connectivity index (χ1n) is 10.00. The molecule has 0 N–H and O–H groups in total. The van der Waals surface area contributed by atoms with Crippen molar-refractivity contribution < 1.29 is 14.5 Å². The van der Waals surface area contributed by atoms with E-state index in [1.807, 2.05) is 19.9 Å². The number of amides is 2. The predicted octanol–water partition coefficient (Wildman–Crippen LogP) is 4.45. The lowest BCUT2D eigenvalue weighted by atomic mass is 9.94. The number of nitrogens with zero attached hydrogens (tertiary/aromatic N) is 4. The van der Waals surface area contributed by atoms with E-state index >= 15 is 0 Å². The molecule has 0 fully saturated rings. The Labute approximate surface area is 178 Å². The molecule has 0 unspecified atom stereocenters. The van der Waals surface area contributed by atoms with E-state index in [1.165, 1.54) is 18.3 Å². The Kier molecular flexibility index (Phi) is 4.93. The van der Waals surface area contributed by atoms with E-state index in [1.54, 1.807) is 18.2 Å². The predicted molar refractivity (Wildman–Crippen MR) is 117 cm³/mol. The molecule has 8 heteroatoms. The summed E-state index contributed by atoms with van der Waals surface area (Å²) in [7, 11) is 0. The van der Waals surface area contributed by atoms with Crippen LogP contribution >= 0.6 is 0 Å². The number of aromatic nitrogens is 1. The van der Waals surface area contributed by atoms with Crippen LogP contribution in [0.25, 0.3) is 10.8 Å². The molecule has 2 heterocycles. The number of hydrazone groups is 1. The summed E-state index contributed by atoms with van der Waals surface area (Å²) in [5.74, 6) is -0.729. The Morgan fingerprint density at radius 3 is 2.42 bits per heavy atom. The van der Waals surface area contributed by atoms with Gasteiger partial charge in [0.05, 0.1) is 27.7 Å². The van der Waals surface area contributed by atoms with Gasteiger partial charge < -0.3 is 4.57 Å². The second-order valence-electron chi connectivity index (χ2n) is 8.12. The highest BCUT2D eigenvalue weighted by Crippen LogP contribution is 2.35. The number of benzene rings is 2. The summed E-state index contributed by atoms with van der Waals surface area (Å²) in [4.78, 5) is 36.9. The van der Waals surface area contributed by atoms with Gasteiger partial charge in [0.15, 0.2) is 0 Å². The summed E-state index contributed by atoms with van der Waals surface area (Å²) in [6.07, 6.45) is 1.52. The smallest absolute Gasteiger partial charge is 0.282 e. The molecule has 0 saturated heterocycles. The first-order valence-corrected chi connectivity index (χ1v) is 10.00. The maximum atomic E-state index is 13.0. The van der Waals surface area contributed by atoms with Gasteiger partial charge in [0.2, 0.25) is 0 Å². The highest BCUT2D eigenvalue weighted by atomic mass is 16.6. The third-order valence-corrected chi connectivity index (χ3v) is 5.53. The zero-order chi connectivity index (χ0) is 22.4. The molecule has 158 valence electrons. The Balaban J connectivity index is 1.76. The molecular formula is C23H22N4O4. The molecule has 2 aromatic carbocycles. The molecule has 0 atom stereocenters. The Hall–Kier alpha value is -3.81. The molecule has 2 amide bonds. The van der Waals surface area contributed by atoms with Crippen LogP contribution in [0.15, 0.2) is 41.5 Å². The van der Waals surface area contributed by atoms with Crippen LogP contribution in [0.4, 0.5) is 5.69 Å². The van der Waals surface area contributed by atoms with Crippen molar-refractivity contribution in [1.29, 1.82) is 0 Å². The van der Waals surface area contributed by atoms with Gasteiger partial charge in [-0.15, -0.1) is 0 Å². The minimum atomic E-state index is -0.601. The number of aryl methyl sites for hydroxylation is 1. The van der Waals surface area contributed by atoms with Crippen molar-refractivity contribution in [3.8, 4) is 0 Å². The number of hydrogen-bond donors (Lipinski definition) is 0. The summed E-state index contributed by atoms with van der Waals surface area (Å²) >= 11 is 0. The lowest BCUT2D eigenvalue weighted by Gasteiger charge is -2.23. The van der Waals surface area contributed by atoms with Gasteiger partial charge in [-0.25, -0.2) is 0 Å². The fraction of sp³-hybridized carbons (Fsp3) is 0.261. The molecule has 0 spiro atoms. The molecule has 0 aliphatic carbocycles. The van der Waals surface area contributed by atoms with E-state index in [-0.39, 0.29) is 22.2 Å². The summed E-state index contributed by atoms with van der Waals surface area (Å²) in [5.41, 5.74) is 3.20. The SMILES string of the molecule is Cc1cc(/C=N\N2C(=O)c3cccc4c([N+](=O)[O-])ccc(c34)C2=O)c(C)n1CC(C)C. The topological polar surface area (TPSA) is 97.8 Å². The zero-order valence-corrected chi connectivity index (χ0v) is 17.7. The molecular weight excluding hydrogens is 396 g/mol. The van der Waals surface area contributed by atoms with E-state index in [9.17, 15) is 19.7 Å². The Morgan fingerprint density at radius 1 is 1.10 bits per heavy atom. The minimum Gasteiger partial charge on any atom is -0.348 e. The average molecular weight is 418 g/mol. The summed E-state index contributed by atoms with van der Waals surface area (Å²) < 4.78 is 2.18. The Bertz CT molecular complexity index is 1260. The van der Waals surface area contributed by atoms with Gasteiger partial charge >= 0.3 is 0 Å². The molecule has 0 saturated carbocycles. The monoisotopic (exact) mass is 418 g/mol. The van der Waals surface area contributed by atoms with Crippen LogP contribution in [0.2, 0.25) is 0 Å². The van der Waals surface area contributed by atoms with Crippen LogP contribution in [0.5, 0.6) is 0 Å². The minimum absolute atomic E-state index is 0.143. The van der Waals surface area contributed by atoms with E-state index in [4.69, 9.17) is 0 Å². The highest BCUT2D eigenvalue weighted by molar-refractivity contribution is 6.26. The Morgan fingerprint density at radius 2 is 1.77 bits per heavy atom. The normalized spacial score (nSPS) is 13.8. The van der Waals surface area contributed by atoms with Crippen molar-refractivity contribution in [3.63, 3.8) is 0 Å². The van der Waals surface area contributed by atoms with E-state index in [0.29, 0.717) is 11.3 Å². The van der Waals surface area contributed by atoms with E-state index in [0.717, 1.165) is 28.5 Å². The van der Waals surface area contributed by atoms with Crippen LogP contribution in [-0.4, -0.2) is 32.5 Å². The van der Waals surface area contributed by atoms with Crippen LogP contribution in [0, 0.1) is 29.9 Å². The fourth-order valence-corrected chi connectivity index (χ4v) is 4.06. The number of nitro groups is 1. The second-order valence-corrected chi connectivity index (χ2v) is 8.12. The molecule has 1 aliphatic rings. The number of rotatable bonds is 5. The number of carbonyl (C=O) groups excluding carboxylic acids is 2. The molecule has 0 bridgehead atoms. The van der Waals surface area contributed by atoms with Crippen molar-refractivity contribution in [2.75, 3.05) is 0 Å². The maximum Gasteiger partial charge on any atom is 0.282 e. The maximum absolute atomic E-state index is 13.0. The van der Waals surface area contributed by atoms with E-state index in [2.05, 4.69) is 23.5 Å². The van der Waals surface area contributed by atoms with Gasteiger partial charge in [-0.2, -0.15) is 10.1 Å². The van der Waals surface area contributed by atoms with Gasteiger partial charge in [0, 0.05) is 34.9 Å². The summed E-state index contributed by atoms with van der Waals surface area (Å²) in [5, 5.41) is 17.0. The first-order chi connectivity index (χ1) is 14.7. The molecule has 8 nitrogen and oxygen atoms in total. The molecule has 1 aliphatic heterocycles. The quantitative estimate of drug-likeness (QED) is 0.264. The lowest BCUT2D eigenvalue weighted by Crippen LogP contribution is -2.36. The van der Waals surface area contributed by atoms with Gasteiger partial charge in [-0.05, 0) is 44.0 Å². The number of nitro benzene ring substituents is 1. The summed E-state index contributed by atoms with van der Waals surface area (Å²) in [6.45, 7) is 9.13. The van der Waals surface area contributed by atoms with Gasteiger partial charge in [0.1, 0.15) is 0 Å². The molecule has 0 radical (unpaired) electrons. The molecule has 3 aromatic rings. The van der Waals surface area contributed by atoms with Crippen LogP contribution in [0.3, 0.4) is 0 Å². The van der Waals surface area contributed by atoms with E-state index < -0.39 is 16.7 Å². The third kappa shape index (κ3) is 3.30. The van der Waals surface area contributed by atoms with Crippen molar-refractivity contribution in [3.05, 3.63) is 74.6 Å². The van der Waals surface area contributed by atoms with Gasteiger partial charge in [-0.1, -0.05) is 19.9 Å². The fourth-order valence-electron chi connectivity index (χ4n) is 4.06. The number of imide groups is 1. The molecule has 4 rings (SSSR count). The van der Waals surface area contributed by atoms with Gasteiger partial charge in [-0.3, -0.25) is 19.7 Å². The van der Waals surface area contributed by atoms with Crippen molar-refractivity contribution >= 4 is 34.5 Å². The standard InChI is InChI=1S/C23H22N4O4/c1-13(2)12-25-14(3)10-16(15(25)4)11-24-26-22(28)18-7-5-6-17-20(27(30)31)9-8-19(21(17)18)23(26)29/h5-11,13H,12H2,1-4H3/b24-11-. The molecule has 1 aromatic heterocycles. The van der Waals surface area contributed by atoms with Gasteiger partial charge in [0.25, 0.3) is 17.5 Å². The third-order valence-electron chi connectivity index (χ3n) is 5.53. The van der Waals surface area contributed by atoms with Crippen LogP contribution in [0.1, 0.15) is 51.5 Å². The van der Waals surface area contributed by atoms with Crippen molar-refractivity contribution in [2.45, 2.75) is 34.2 Å². The number of non-ortho nitro benzene ring substituents is 1. The lowest BCUT2D eigenvalue weighted by molar-refractivity contribution is -0.383. The van der Waals surface area contributed by atoms with Crippen LogP contribution < -0.4 is 0 Å². The average Bonchev–Trinajstić information content (AvgIpc) is 2.98. The zero-order valence-electron chi connectivity index (χ0n) is 17.7. The first kappa shape index (κ1) is 20.5. The number of hydrogen-bond acceptors (Lipinski definition) is 5.